The Morgan fingerprint density at radius 1 is 1.47 bits per heavy atom. The average molecular weight is 265 g/mol. The van der Waals surface area contributed by atoms with Crippen LogP contribution in [0.1, 0.15) is 32.8 Å². The summed E-state index contributed by atoms with van der Waals surface area (Å²) >= 11 is 0. The molecule has 0 aliphatic carbocycles. The molecule has 5 nitrogen and oxygen atoms in total. The van der Waals surface area contributed by atoms with Crippen LogP contribution in [-0.2, 0) is 11.3 Å². The number of ether oxygens (including phenoxy) is 1. The molecule has 5 heteroatoms. The summed E-state index contributed by atoms with van der Waals surface area (Å²) in [6.07, 6.45) is 2.24. The number of aromatic nitrogens is 1. The Morgan fingerprint density at radius 3 is 2.95 bits per heavy atom. The third kappa shape index (κ3) is 6.20. The second-order valence-electron chi connectivity index (χ2n) is 4.51. The maximum absolute atomic E-state index is 11.6. The number of carbonyl (C=O) groups excluding carboxylic acids is 1. The number of pyridine rings is 1. The maximum atomic E-state index is 11.6. The van der Waals surface area contributed by atoms with Gasteiger partial charge in [-0.2, -0.15) is 0 Å². The average Bonchev–Trinajstić information content (AvgIpc) is 2.37. The molecule has 1 heterocycles. The molecule has 0 aliphatic heterocycles. The molecule has 19 heavy (non-hydrogen) atoms. The van der Waals surface area contributed by atoms with Crippen LogP contribution in [0.2, 0.25) is 0 Å². The molecular weight excluding hydrogens is 242 g/mol. The molecule has 1 aromatic rings. The van der Waals surface area contributed by atoms with E-state index in [2.05, 4.69) is 15.6 Å². The fourth-order valence-corrected chi connectivity index (χ4v) is 1.55. The van der Waals surface area contributed by atoms with Crippen molar-refractivity contribution in [1.29, 1.82) is 0 Å². The fourth-order valence-electron chi connectivity index (χ4n) is 1.55. The van der Waals surface area contributed by atoms with Gasteiger partial charge in [0.15, 0.2) is 0 Å². The molecular formula is C14H23N3O2. The number of rotatable bonds is 8. The molecule has 1 amide bonds. The Bertz CT molecular complexity index is 394. The molecule has 0 spiro atoms. The monoisotopic (exact) mass is 265 g/mol. The molecule has 0 saturated carbocycles. The molecule has 2 N–H and O–H groups in total. The lowest BCUT2D eigenvalue weighted by Gasteiger charge is -2.13. The summed E-state index contributed by atoms with van der Waals surface area (Å²) in [5, 5.41) is 5.99. The van der Waals surface area contributed by atoms with Crippen LogP contribution in [0.3, 0.4) is 0 Å². The molecule has 1 rings (SSSR count). The van der Waals surface area contributed by atoms with E-state index in [9.17, 15) is 4.79 Å². The van der Waals surface area contributed by atoms with Crippen molar-refractivity contribution in [2.24, 2.45) is 0 Å². The molecule has 0 aromatic carbocycles. The van der Waals surface area contributed by atoms with Crippen molar-refractivity contribution in [3.63, 3.8) is 0 Å². The topological polar surface area (TPSA) is 63.2 Å². The predicted octanol–water partition coefficient (Wildman–Crippen LogP) is 1.48. The molecule has 106 valence electrons. The van der Waals surface area contributed by atoms with E-state index in [1.54, 1.807) is 6.20 Å². The van der Waals surface area contributed by atoms with Crippen molar-refractivity contribution in [3.8, 4) is 5.88 Å². The van der Waals surface area contributed by atoms with Gasteiger partial charge in [0, 0.05) is 31.3 Å². The van der Waals surface area contributed by atoms with E-state index >= 15 is 0 Å². The molecule has 0 aliphatic rings. The summed E-state index contributed by atoms with van der Waals surface area (Å²) in [4.78, 5) is 15.8. The Hall–Kier alpha value is -1.62. The lowest BCUT2D eigenvalue weighted by Crippen LogP contribution is -2.27. The lowest BCUT2D eigenvalue weighted by atomic mass is 10.2. The zero-order valence-corrected chi connectivity index (χ0v) is 11.9. The molecule has 0 radical (unpaired) electrons. The summed E-state index contributed by atoms with van der Waals surface area (Å²) in [5.41, 5.74) is 0.896. The van der Waals surface area contributed by atoms with Gasteiger partial charge in [0.2, 0.25) is 11.8 Å². The van der Waals surface area contributed by atoms with Crippen molar-refractivity contribution in [2.45, 2.75) is 39.8 Å². The van der Waals surface area contributed by atoms with E-state index in [4.69, 9.17) is 4.74 Å². The van der Waals surface area contributed by atoms with Gasteiger partial charge in [-0.3, -0.25) is 4.79 Å². The third-order valence-electron chi connectivity index (χ3n) is 2.45. The number of carbonyl (C=O) groups is 1. The Kier molecular flexibility index (Phi) is 6.89. The second kappa shape index (κ2) is 8.48. The third-order valence-corrected chi connectivity index (χ3v) is 2.45. The largest absolute Gasteiger partial charge is 0.475 e. The predicted molar refractivity (Wildman–Crippen MR) is 75.0 cm³/mol. The smallest absolute Gasteiger partial charge is 0.221 e. The van der Waals surface area contributed by atoms with E-state index in [1.165, 1.54) is 0 Å². The minimum Gasteiger partial charge on any atom is -0.475 e. The van der Waals surface area contributed by atoms with Crippen molar-refractivity contribution >= 4 is 5.91 Å². The summed E-state index contributed by atoms with van der Waals surface area (Å²) in [6, 6.07) is 3.75. The van der Waals surface area contributed by atoms with Gasteiger partial charge in [0.1, 0.15) is 0 Å². The lowest BCUT2D eigenvalue weighted by molar-refractivity contribution is -0.121. The summed E-state index contributed by atoms with van der Waals surface area (Å²) in [6.45, 7) is 7.94. The molecule has 0 atom stereocenters. The van der Waals surface area contributed by atoms with Crippen LogP contribution in [0, 0.1) is 0 Å². The van der Waals surface area contributed by atoms with E-state index in [1.807, 2.05) is 32.9 Å². The quantitative estimate of drug-likeness (QED) is 0.699. The minimum atomic E-state index is 0.0281. The fraction of sp³-hybridized carbons (Fsp3) is 0.571. The highest BCUT2D eigenvalue weighted by atomic mass is 16.5. The number of hydrogen-bond donors (Lipinski definition) is 2. The van der Waals surface area contributed by atoms with E-state index in [0.717, 1.165) is 12.1 Å². The van der Waals surface area contributed by atoms with Crippen LogP contribution in [-0.4, -0.2) is 30.1 Å². The van der Waals surface area contributed by atoms with Crippen LogP contribution in [0.15, 0.2) is 18.3 Å². The molecule has 0 saturated heterocycles. The Balaban J connectivity index is 2.46. The van der Waals surface area contributed by atoms with Crippen molar-refractivity contribution in [2.75, 3.05) is 13.1 Å². The van der Waals surface area contributed by atoms with Crippen LogP contribution in [0.5, 0.6) is 5.88 Å². The number of nitrogens with zero attached hydrogens (tertiary/aromatic N) is 1. The van der Waals surface area contributed by atoms with Gasteiger partial charge >= 0.3 is 0 Å². The molecule has 0 bridgehead atoms. The SMILES string of the molecule is CCNCCC(=O)NCc1cccnc1OC(C)C. The molecule has 0 unspecified atom stereocenters. The van der Waals surface area contributed by atoms with Gasteiger partial charge in [0.25, 0.3) is 0 Å². The summed E-state index contributed by atoms with van der Waals surface area (Å²) < 4.78 is 5.60. The number of nitrogens with one attached hydrogen (secondary N) is 2. The van der Waals surface area contributed by atoms with Gasteiger partial charge in [-0.15, -0.1) is 0 Å². The van der Waals surface area contributed by atoms with Gasteiger partial charge in [-0.05, 0) is 26.5 Å². The number of amides is 1. The first kappa shape index (κ1) is 15.4. The first-order valence-electron chi connectivity index (χ1n) is 6.71. The van der Waals surface area contributed by atoms with E-state index in [0.29, 0.717) is 25.4 Å². The van der Waals surface area contributed by atoms with Crippen LogP contribution >= 0.6 is 0 Å². The highest BCUT2D eigenvalue weighted by Crippen LogP contribution is 2.15. The van der Waals surface area contributed by atoms with Crippen molar-refractivity contribution in [1.82, 2.24) is 15.6 Å². The van der Waals surface area contributed by atoms with Crippen LogP contribution in [0.4, 0.5) is 0 Å². The van der Waals surface area contributed by atoms with Crippen molar-refractivity contribution < 1.29 is 9.53 Å². The maximum Gasteiger partial charge on any atom is 0.221 e. The zero-order chi connectivity index (χ0) is 14.1. The summed E-state index contributed by atoms with van der Waals surface area (Å²) in [7, 11) is 0. The van der Waals surface area contributed by atoms with Crippen LogP contribution in [0.25, 0.3) is 0 Å². The Labute approximate surface area is 114 Å². The normalized spacial score (nSPS) is 10.5. The standard InChI is InChI=1S/C14H23N3O2/c1-4-15-9-7-13(18)17-10-12-6-5-8-16-14(12)19-11(2)3/h5-6,8,11,15H,4,7,9-10H2,1-3H3,(H,17,18). The number of hydrogen-bond acceptors (Lipinski definition) is 4. The Morgan fingerprint density at radius 2 is 2.26 bits per heavy atom. The van der Waals surface area contributed by atoms with Gasteiger partial charge < -0.3 is 15.4 Å². The van der Waals surface area contributed by atoms with Gasteiger partial charge in [-0.1, -0.05) is 13.0 Å². The van der Waals surface area contributed by atoms with E-state index in [-0.39, 0.29) is 12.0 Å². The first-order valence-corrected chi connectivity index (χ1v) is 6.71. The van der Waals surface area contributed by atoms with Gasteiger partial charge in [0.05, 0.1) is 6.10 Å². The zero-order valence-electron chi connectivity index (χ0n) is 11.9. The molecule has 0 fully saturated rings. The minimum absolute atomic E-state index is 0.0281. The van der Waals surface area contributed by atoms with Crippen LogP contribution < -0.4 is 15.4 Å². The molecule has 1 aromatic heterocycles. The summed E-state index contributed by atoms with van der Waals surface area (Å²) in [5.74, 6) is 0.616. The van der Waals surface area contributed by atoms with Crippen molar-refractivity contribution in [3.05, 3.63) is 23.9 Å². The highest BCUT2D eigenvalue weighted by molar-refractivity contribution is 5.76. The van der Waals surface area contributed by atoms with E-state index < -0.39 is 0 Å². The highest BCUT2D eigenvalue weighted by Gasteiger charge is 2.08. The first-order chi connectivity index (χ1) is 9.13. The second-order valence-corrected chi connectivity index (χ2v) is 4.51. The van der Waals surface area contributed by atoms with Gasteiger partial charge in [-0.25, -0.2) is 4.98 Å².